The van der Waals surface area contributed by atoms with Crippen LogP contribution in [0, 0.1) is 0 Å². The Balaban J connectivity index is 1.73. The number of likely N-dealkylation sites (tertiary alicyclic amines) is 1. The predicted octanol–water partition coefficient (Wildman–Crippen LogP) is 3.08. The third-order valence-corrected chi connectivity index (χ3v) is 4.01. The number of carbonyl (C=O) groups excluding carboxylic acids is 1. The van der Waals surface area contributed by atoms with Gasteiger partial charge in [0.2, 0.25) is 0 Å². The van der Waals surface area contributed by atoms with E-state index in [1.807, 2.05) is 11.0 Å². The highest BCUT2D eigenvalue weighted by Gasteiger charge is 2.26. The van der Waals surface area contributed by atoms with Crippen LogP contribution < -0.4 is 0 Å². The van der Waals surface area contributed by atoms with Crippen molar-refractivity contribution in [3.8, 4) is 0 Å². The van der Waals surface area contributed by atoms with Crippen LogP contribution in [0.3, 0.4) is 0 Å². The van der Waals surface area contributed by atoms with Crippen LogP contribution >= 0.6 is 11.6 Å². The maximum absolute atomic E-state index is 12.5. The second-order valence-electron chi connectivity index (χ2n) is 5.11. The zero-order chi connectivity index (χ0) is 13.9. The monoisotopic (exact) mass is 289 g/mol. The molecule has 2 aromatic rings. The second-order valence-corrected chi connectivity index (χ2v) is 5.55. The molecule has 1 fully saturated rings. The van der Waals surface area contributed by atoms with Crippen molar-refractivity contribution in [3.63, 3.8) is 0 Å². The molecule has 20 heavy (non-hydrogen) atoms. The van der Waals surface area contributed by atoms with Crippen LogP contribution in [0.15, 0.2) is 36.5 Å². The van der Waals surface area contributed by atoms with Gasteiger partial charge in [-0.3, -0.25) is 9.89 Å². The van der Waals surface area contributed by atoms with Crippen LogP contribution in [0.25, 0.3) is 0 Å². The van der Waals surface area contributed by atoms with Crippen LogP contribution in [-0.2, 0) is 0 Å². The summed E-state index contributed by atoms with van der Waals surface area (Å²) in [5.41, 5.74) is 1.80. The van der Waals surface area contributed by atoms with E-state index in [0.717, 1.165) is 31.6 Å². The molecular weight excluding hydrogens is 274 g/mol. The number of aromatic nitrogens is 2. The molecule has 1 aromatic carbocycles. The largest absolute Gasteiger partial charge is 0.338 e. The van der Waals surface area contributed by atoms with Gasteiger partial charge in [0, 0.05) is 41.5 Å². The maximum Gasteiger partial charge on any atom is 0.253 e. The van der Waals surface area contributed by atoms with Crippen LogP contribution in [0.2, 0.25) is 5.02 Å². The van der Waals surface area contributed by atoms with Crippen molar-refractivity contribution >= 4 is 17.5 Å². The van der Waals surface area contributed by atoms with Crippen molar-refractivity contribution in [1.82, 2.24) is 15.1 Å². The number of nitrogens with one attached hydrogen (secondary N) is 1. The minimum Gasteiger partial charge on any atom is -0.338 e. The van der Waals surface area contributed by atoms with Gasteiger partial charge in [-0.1, -0.05) is 11.6 Å². The molecule has 1 atom stereocenters. The molecule has 0 bridgehead atoms. The molecule has 1 unspecified atom stereocenters. The Morgan fingerprint density at radius 1 is 1.30 bits per heavy atom. The van der Waals surface area contributed by atoms with Crippen molar-refractivity contribution in [3.05, 3.63) is 52.8 Å². The number of amides is 1. The van der Waals surface area contributed by atoms with Crippen LogP contribution in [0.5, 0.6) is 0 Å². The summed E-state index contributed by atoms with van der Waals surface area (Å²) < 4.78 is 0. The number of hydrogen-bond donors (Lipinski definition) is 1. The van der Waals surface area contributed by atoms with Gasteiger partial charge in [0.1, 0.15) is 0 Å². The van der Waals surface area contributed by atoms with Gasteiger partial charge in [-0.25, -0.2) is 0 Å². The molecule has 4 nitrogen and oxygen atoms in total. The minimum atomic E-state index is 0.0749. The lowest BCUT2D eigenvalue weighted by Gasteiger charge is -2.32. The van der Waals surface area contributed by atoms with Crippen LogP contribution in [0.4, 0.5) is 0 Å². The quantitative estimate of drug-likeness (QED) is 0.923. The van der Waals surface area contributed by atoms with E-state index in [-0.39, 0.29) is 5.91 Å². The topological polar surface area (TPSA) is 49.0 Å². The standard InChI is InChI=1S/C15H16ClN3O/c16-13-5-3-11(4-6-13)15(20)19-9-1-2-12(10-19)14-7-8-17-18-14/h3-8,12H,1-2,9-10H2,(H,17,18). The maximum atomic E-state index is 12.5. The third-order valence-electron chi connectivity index (χ3n) is 3.76. The number of aromatic amines is 1. The first-order chi connectivity index (χ1) is 9.74. The normalized spacial score (nSPS) is 19.1. The third kappa shape index (κ3) is 2.70. The average Bonchev–Trinajstić information content (AvgIpc) is 3.02. The van der Waals surface area contributed by atoms with E-state index < -0.39 is 0 Å². The smallest absolute Gasteiger partial charge is 0.253 e. The highest BCUT2D eigenvalue weighted by atomic mass is 35.5. The molecular formula is C15H16ClN3O. The van der Waals surface area contributed by atoms with Crippen molar-refractivity contribution in [2.45, 2.75) is 18.8 Å². The van der Waals surface area contributed by atoms with Crippen LogP contribution in [0.1, 0.15) is 34.8 Å². The first kappa shape index (κ1) is 13.2. The van der Waals surface area contributed by atoms with Gasteiger partial charge < -0.3 is 4.90 Å². The SMILES string of the molecule is O=C(c1ccc(Cl)cc1)N1CCCC(c2ccn[nH]2)C1. The Hall–Kier alpha value is -1.81. The molecule has 1 aliphatic heterocycles. The molecule has 3 rings (SSSR count). The molecule has 0 radical (unpaired) electrons. The van der Waals surface area contributed by atoms with Crippen molar-refractivity contribution in [1.29, 1.82) is 0 Å². The number of H-pyrrole nitrogens is 1. The molecule has 5 heteroatoms. The number of nitrogens with zero attached hydrogens (tertiary/aromatic N) is 2. The lowest BCUT2D eigenvalue weighted by Crippen LogP contribution is -2.39. The van der Waals surface area contributed by atoms with E-state index in [0.29, 0.717) is 16.5 Å². The predicted molar refractivity (Wildman–Crippen MR) is 77.9 cm³/mol. The Morgan fingerprint density at radius 2 is 2.10 bits per heavy atom. The molecule has 2 heterocycles. The molecule has 0 aliphatic carbocycles. The zero-order valence-corrected chi connectivity index (χ0v) is 11.8. The van der Waals surface area contributed by atoms with Gasteiger partial charge >= 0.3 is 0 Å². The summed E-state index contributed by atoms with van der Waals surface area (Å²) in [5, 5.41) is 7.65. The first-order valence-electron chi connectivity index (χ1n) is 6.78. The zero-order valence-electron chi connectivity index (χ0n) is 11.1. The van der Waals surface area contributed by atoms with E-state index in [9.17, 15) is 4.79 Å². The van der Waals surface area contributed by atoms with E-state index in [1.54, 1.807) is 30.5 Å². The van der Waals surface area contributed by atoms with Gasteiger partial charge in [0.15, 0.2) is 0 Å². The van der Waals surface area contributed by atoms with E-state index in [1.165, 1.54) is 0 Å². The van der Waals surface area contributed by atoms with E-state index in [4.69, 9.17) is 11.6 Å². The van der Waals surface area contributed by atoms with Gasteiger partial charge in [-0.15, -0.1) is 0 Å². The average molecular weight is 290 g/mol. The summed E-state index contributed by atoms with van der Waals surface area (Å²) in [7, 11) is 0. The Bertz CT molecular complexity index is 580. The molecule has 1 N–H and O–H groups in total. The Labute approximate surface area is 122 Å². The fourth-order valence-electron chi connectivity index (χ4n) is 2.68. The van der Waals surface area contributed by atoms with E-state index >= 15 is 0 Å². The number of rotatable bonds is 2. The minimum absolute atomic E-state index is 0.0749. The fraction of sp³-hybridized carbons (Fsp3) is 0.333. The Morgan fingerprint density at radius 3 is 2.80 bits per heavy atom. The van der Waals surface area contributed by atoms with E-state index in [2.05, 4.69) is 10.2 Å². The summed E-state index contributed by atoms with van der Waals surface area (Å²) >= 11 is 5.86. The molecule has 1 aliphatic rings. The van der Waals surface area contributed by atoms with Gasteiger partial charge in [0.05, 0.1) is 0 Å². The fourth-order valence-corrected chi connectivity index (χ4v) is 2.81. The number of piperidine rings is 1. The summed E-state index contributed by atoms with van der Waals surface area (Å²) in [6, 6.07) is 9.06. The van der Waals surface area contributed by atoms with Crippen molar-refractivity contribution in [2.75, 3.05) is 13.1 Å². The van der Waals surface area contributed by atoms with Crippen molar-refractivity contribution in [2.24, 2.45) is 0 Å². The summed E-state index contributed by atoms with van der Waals surface area (Å²) in [4.78, 5) is 14.4. The molecule has 0 saturated carbocycles. The van der Waals surface area contributed by atoms with Gasteiger partial charge in [0.25, 0.3) is 5.91 Å². The number of halogens is 1. The molecule has 1 amide bonds. The van der Waals surface area contributed by atoms with Crippen LogP contribution in [-0.4, -0.2) is 34.1 Å². The number of hydrogen-bond acceptors (Lipinski definition) is 2. The molecule has 1 aromatic heterocycles. The molecule has 0 spiro atoms. The lowest BCUT2D eigenvalue weighted by molar-refractivity contribution is 0.0706. The summed E-state index contributed by atoms with van der Waals surface area (Å²) in [5.74, 6) is 0.424. The number of benzene rings is 1. The highest BCUT2D eigenvalue weighted by Crippen LogP contribution is 2.26. The number of carbonyl (C=O) groups is 1. The summed E-state index contributed by atoms with van der Waals surface area (Å²) in [6.45, 7) is 1.55. The summed E-state index contributed by atoms with van der Waals surface area (Å²) in [6.07, 6.45) is 3.87. The molecule has 104 valence electrons. The lowest BCUT2D eigenvalue weighted by atomic mass is 9.94. The van der Waals surface area contributed by atoms with Gasteiger partial charge in [-0.2, -0.15) is 5.10 Å². The van der Waals surface area contributed by atoms with Gasteiger partial charge in [-0.05, 0) is 43.2 Å². The first-order valence-corrected chi connectivity index (χ1v) is 7.16. The Kier molecular flexibility index (Phi) is 3.74. The second kappa shape index (κ2) is 5.67. The highest BCUT2D eigenvalue weighted by molar-refractivity contribution is 6.30. The van der Waals surface area contributed by atoms with Crippen molar-refractivity contribution < 1.29 is 4.79 Å². The molecule has 1 saturated heterocycles.